The normalized spacial score (nSPS) is 23.9. The van der Waals surface area contributed by atoms with E-state index in [-0.39, 0.29) is 30.2 Å². The predicted octanol–water partition coefficient (Wildman–Crippen LogP) is 9.59. The van der Waals surface area contributed by atoms with Gasteiger partial charge in [0.05, 0.1) is 30.2 Å². The molecule has 4 fully saturated rings. The zero-order valence-corrected chi connectivity index (χ0v) is 36.1. The number of hydrogen-bond acceptors (Lipinski definition) is 9. The van der Waals surface area contributed by atoms with Gasteiger partial charge in [-0.15, -0.1) is 4.39 Å². The fraction of sp³-hybridized carbons (Fsp3) is 0.578. The van der Waals surface area contributed by atoms with Gasteiger partial charge in [-0.25, -0.2) is 0 Å². The monoisotopic (exact) mass is 840 g/mol. The summed E-state index contributed by atoms with van der Waals surface area (Å²) in [4.78, 5) is 57.3. The Morgan fingerprint density at radius 3 is 1.86 bits per heavy atom. The Kier molecular flexibility index (Phi) is 24.2. The second-order valence-corrected chi connectivity index (χ2v) is 15.7. The van der Waals surface area contributed by atoms with Crippen molar-refractivity contribution in [3.8, 4) is 0 Å². The summed E-state index contributed by atoms with van der Waals surface area (Å²) in [5.74, 6) is 0.993. The molecule has 5 aliphatic rings. The summed E-state index contributed by atoms with van der Waals surface area (Å²) < 4.78 is 7.54. The summed E-state index contributed by atoms with van der Waals surface area (Å²) in [7, 11) is 1.97. The van der Waals surface area contributed by atoms with Gasteiger partial charge in [-0.3, -0.25) is 28.9 Å². The quantitative estimate of drug-likeness (QED) is 0.0478. The summed E-state index contributed by atoms with van der Waals surface area (Å²) in [5, 5.41) is 6.58. The van der Waals surface area contributed by atoms with Crippen LogP contribution >= 0.6 is 24.8 Å². The molecule has 0 spiro atoms. The summed E-state index contributed by atoms with van der Waals surface area (Å²) in [6, 6.07) is 19.4. The number of hydroxylamine groups is 2. The molecule has 2 aliphatic heterocycles. The first-order valence-electron chi connectivity index (χ1n) is 21.2. The molecule has 11 nitrogen and oxygen atoms in total. The molecule has 13 heteroatoms. The Bertz CT molecular complexity index is 1520. The summed E-state index contributed by atoms with van der Waals surface area (Å²) in [6.45, 7) is 1.73. The number of benzene rings is 2. The lowest BCUT2D eigenvalue weighted by Gasteiger charge is -2.39. The molecule has 0 bridgehead atoms. The molecule has 320 valence electrons. The number of nitrogens with one attached hydrogen (secondary N) is 2. The van der Waals surface area contributed by atoms with Crippen LogP contribution in [0.2, 0.25) is 0 Å². The number of Topliss-reactive ketones (excluding diaryl/α,β-unsaturated/α-hetero) is 1. The van der Waals surface area contributed by atoms with Crippen LogP contribution < -0.4 is 10.6 Å². The van der Waals surface area contributed by atoms with Crippen molar-refractivity contribution < 1.29 is 32.6 Å². The molecule has 3 aliphatic carbocycles. The van der Waals surface area contributed by atoms with Gasteiger partial charge in [0, 0.05) is 36.5 Å². The van der Waals surface area contributed by atoms with Crippen molar-refractivity contribution in [3.05, 3.63) is 83.9 Å². The molecule has 7 rings (SSSR count). The number of amides is 4. The number of β-lactam (4-membered cyclic amide) rings is 2. The van der Waals surface area contributed by atoms with Crippen molar-refractivity contribution in [3.63, 3.8) is 0 Å². The number of carbonyl (C=O) groups excluding carboxylic acids is 5. The number of imide groups is 1. The number of likely N-dealkylation sites (tertiary alicyclic amines) is 1. The Balaban J connectivity index is 0.000000204. The summed E-state index contributed by atoms with van der Waals surface area (Å²) >= 11 is 7.75. The molecule has 2 saturated heterocycles. The maximum absolute atomic E-state index is 12.3. The van der Waals surface area contributed by atoms with Gasteiger partial charge in [-0.05, 0) is 83.0 Å². The minimum absolute atomic E-state index is 0.109. The van der Waals surface area contributed by atoms with Gasteiger partial charge >= 0.3 is 0 Å². The molecule has 2 N–H and O–H groups in total. The maximum atomic E-state index is 12.3. The van der Waals surface area contributed by atoms with Crippen LogP contribution in [0.1, 0.15) is 151 Å². The van der Waals surface area contributed by atoms with E-state index in [4.69, 9.17) is 0 Å². The summed E-state index contributed by atoms with van der Waals surface area (Å²) in [6.07, 6.45) is 28.6. The van der Waals surface area contributed by atoms with Crippen LogP contribution in [-0.4, -0.2) is 59.2 Å². The molecular formula is C45H65ClN4O7S. The van der Waals surface area contributed by atoms with Gasteiger partial charge in [-0.2, -0.15) is 4.28 Å². The van der Waals surface area contributed by atoms with Gasteiger partial charge in [-0.1, -0.05) is 130 Å². The molecule has 0 aromatic heterocycles. The van der Waals surface area contributed by atoms with Crippen LogP contribution in [0.4, 0.5) is 0 Å². The van der Waals surface area contributed by atoms with Crippen LogP contribution in [0.25, 0.3) is 0 Å². The highest BCUT2D eigenvalue weighted by molar-refractivity contribution is 7.75. The zero-order valence-electron chi connectivity index (χ0n) is 34.4. The van der Waals surface area contributed by atoms with Crippen LogP contribution in [0.3, 0.4) is 0 Å². The largest absolute Gasteiger partial charge is 0.352 e. The van der Waals surface area contributed by atoms with Crippen molar-refractivity contribution in [1.82, 2.24) is 20.8 Å². The Labute approximate surface area is 356 Å². The van der Waals surface area contributed by atoms with Gasteiger partial charge in [0.1, 0.15) is 5.78 Å². The molecule has 2 saturated carbocycles. The highest BCUT2D eigenvalue weighted by Crippen LogP contribution is 2.35. The topological polar surface area (TPSA) is 134 Å². The number of ketones is 1. The molecule has 0 radical (unpaired) electrons. The number of hydrogen-bond donors (Lipinski definition) is 3. The van der Waals surface area contributed by atoms with Crippen LogP contribution in [0.5, 0.6) is 0 Å². The Morgan fingerprint density at radius 1 is 0.810 bits per heavy atom. The minimum atomic E-state index is -0.217. The van der Waals surface area contributed by atoms with Gasteiger partial charge in [0.2, 0.25) is 11.8 Å². The van der Waals surface area contributed by atoms with E-state index in [0.717, 1.165) is 18.4 Å². The van der Waals surface area contributed by atoms with Gasteiger partial charge < -0.3 is 10.6 Å². The highest BCUT2D eigenvalue weighted by atomic mass is 35.5. The van der Waals surface area contributed by atoms with E-state index >= 15 is 0 Å². The fourth-order valence-electron chi connectivity index (χ4n) is 7.98. The zero-order chi connectivity index (χ0) is 42.0. The smallest absolute Gasteiger partial charge is 0.264 e. The SMILES string of the molecule is C1=CCCCCCC1.CN[C@@H]1CCCCCCC1C(C)=O.O=C1CC(c2ccccc2)N1C(=O)c1ccccc1.O=C1N[C@@H]2CCCCCCC12.O=CN(OS)OCl. The Morgan fingerprint density at radius 2 is 1.36 bits per heavy atom. The number of rotatable bonds is 7. The molecule has 4 amide bonds. The first-order chi connectivity index (χ1) is 28.2. The average molecular weight is 842 g/mol. The molecular weight excluding hydrogens is 776 g/mol. The van der Waals surface area contributed by atoms with E-state index in [1.165, 1.54) is 108 Å². The Hall–Kier alpha value is -3.55. The molecule has 5 atom stereocenters. The number of halogens is 1. The number of fused-ring (bicyclic) bond motifs is 1. The first-order valence-corrected chi connectivity index (χ1v) is 21.9. The van der Waals surface area contributed by atoms with E-state index in [0.29, 0.717) is 46.9 Å². The third kappa shape index (κ3) is 17.0. The molecule has 58 heavy (non-hydrogen) atoms. The van der Waals surface area contributed by atoms with Crippen molar-refractivity contribution in [1.29, 1.82) is 0 Å². The molecule has 2 heterocycles. The van der Waals surface area contributed by atoms with Gasteiger partial charge in [0.25, 0.3) is 12.3 Å². The average Bonchev–Trinajstić information content (AvgIpc) is 3.20. The maximum Gasteiger partial charge on any atom is 0.264 e. The van der Waals surface area contributed by atoms with E-state index in [1.54, 1.807) is 31.2 Å². The second kappa shape index (κ2) is 28.8. The van der Waals surface area contributed by atoms with Crippen LogP contribution in [-0.2, 0) is 27.9 Å². The van der Waals surface area contributed by atoms with Crippen molar-refractivity contribution >= 4 is 54.7 Å². The molecule has 2 aromatic carbocycles. The fourth-order valence-corrected chi connectivity index (χ4v) is 8.15. The third-order valence-corrected chi connectivity index (χ3v) is 11.7. The van der Waals surface area contributed by atoms with E-state index in [2.05, 4.69) is 56.2 Å². The molecule has 3 unspecified atom stereocenters. The van der Waals surface area contributed by atoms with E-state index < -0.39 is 0 Å². The van der Waals surface area contributed by atoms with Crippen molar-refractivity contribution in [2.75, 3.05) is 7.05 Å². The standard InChI is InChI=1S/C16H13NO2.C11H21NO.C9H15NO.C8H14.CH2ClNO3S/c18-15-11-14(12-7-3-1-4-8-12)17(15)16(19)13-9-5-2-6-10-13;1-9(13)10-7-5-3-4-6-8-11(10)12-2;11-9-7-5-3-1-2-4-6-8(7)10-9;1-2-4-6-8-7-5-3-1;2-5-3(1-4)6-7/h1-10,14H,11H2;10-12H,3-8H2,1-2H3;7-8H,1-6H2,(H,10,11);1-2H,3-8H2;1,7H/t;10?,11-;7?,8-;;/m.11../s1. The second-order valence-electron chi connectivity index (χ2n) is 15.4. The minimum Gasteiger partial charge on any atom is -0.352 e. The van der Waals surface area contributed by atoms with Crippen molar-refractivity contribution in [2.45, 2.75) is 147 Å². The lowest BCUT2D eigenvalue weighted by molar-refractivity contribution is -0.221. The number of carbonyl (C=O) groups is 5. The lowest BCUT2D eigenvalue weighted by atomic mass is 9.81. The van der Waals surface area contributed by atoms with Crippen LogP contribution in [0, 0.1) is 11.8 Å². The highest BCUT2D eigenvalue weighted by Gasteiger charge is 2.42. The predicted molar refractivity (Wildman–Crippen MR) is 231 cm³/mol. The number of nitrogens with zero attached hydrogens (tertiary/aromatic N) is 2. The molecule has 2 aromatic rings. The number of thiol groups is 1. The van der Waals surface area contributed by atoms with Crippen molar-refractivity contribution in [2.24, 2.45) is 11.8 Å². The number of allylic oxidation sites excluding steroid dienone is 2. The van der Waals surface area contributed by atoms with E-state index in [9.17, 15) is 24.0 Å². The van der Waals surface area contributed by atoms with E-state index in [1.807, 2.05) is 43.4 Å². The summed E-state index contributed by atoms with van der Waals surface area (Å²) in [5.41, 5.74) is 1.56. The van der Waals surface area contributed by atoms with Gasteiger partial charge in [0.15, 0.2) is 0 Å². The lowest BCUT2D eigenvalue weighted by Crippen LogP contribution is -2.58. The van der Waals surface area contributed by atoms with Crippen LogP contribution in [0.15, 0.2) is 72.8 Å². The third-order valence-electron chi connectivity index (χ3n) is 11.4. The first kappa shape index (κ1) is 48.8.